The van der Waals surface area contributed by atoms with Gasteiger partial charge >= 0.3 is 6.03 Å². The third-order valence-electron chi connectivity index (χ3n) is 4.46. The van der Waals surface area contributed by atoms with Crippen LogP contribution in [0.3, 0.4) is 0 Å². The maximum Gasteiger partial charge on any atom is 0.322 e. The smallest absolute Gasteiger partial charge is 0.322 e. The Bertz CT molecular complexity index is 956. The molecule has 0 saturated carbocycles. The summed E-state index contributed by atoms with van der Waals surface area (Å²) in [5.41, 5.74) is 2.35. The summed E-state index contributed by atoms with van der Waals surface area (Å²) in [5, 5.41) is 3.28. The summed E-state index contributed by atoms with van der Waals surface area (Å²) >= 11 is 5.99. The lowest BCUT2D eigenvalue weighted by molar-refractivity contribution is 0.245. The first kappa shape index (κ1) is 18.7. The van der Waals surface area contributed by atoms with Crippen LogP contribution in [0.5, 0.6) is 0 Å². The van der Waals surface area contributed by atoms with Crippen molar-refractivity contribution in [1.82, 2.24) is 10.3 Å². The number of benzene rings is 1. The molecule has 0 spiro atoms. The second-order valence-electron chi connectivity index (χ2n) is 7.07. The standard InChI is InChI=1S/C18H20ClN3O3S/c1-18(2)11-22(15-10-20-16(19)8-14(15)18)17(23)21-9-12-4-6-13(7-5-12)26(3,24)25/h4-8,10H,9,11H2,1-3H3,(H,21,23). The number of pyridine rings is 1. The molecule has 1 aromatic heterocycles. The van der Waals surface area contributed by atoms with Gasteiger partial charge in [-0.2, -0.15) is 0 Å². The van der Waals surface area contributed by atoms with E-state index in [9.17, 15) is 13.2 Å². The minimum absolute atomic E-state index is 0.212. The zero-order valence-corrected chi connectivity index (χ0v) is 16.4. The molecule has 6 nitrogen and oxygen atoms in total. The lowest BCUT2D eigenvalue weighted by atomic mass is 9.88. The van der Waals surface area contributed by atoms with Gasteiger partial charge < -0.3 is 5.32 Å². The third-order valence-corrected chi connectivity index (χ3v) is 5.80. The van der Waals surface area contributed by atoms with Crippen LogP contribution < -0.4 is 10.2 Å². The van der Waals surface area contributed by atoms with E-state index in [-0.39, 0.29) is 16.3 Å². The van der Waals surface area contributed by atoms with Gasteiger partial charge in [-0.25, -0.2) is 18.2 Å². The number of rotatable bonds is 3. The van der Waals surface area contributed by atoms with Crippen LogP contribution in [-0.4, -0.2) is 32.2 Å². The van der Waals surface area contributed by atoms with E-state index in [4.69, 9.17) is 11.6 Å². The van der Waals surface area contributed by atoms with E-state index in [0.717, 1.165) is 23.1 Å². The molecular weight excluding hydrogens is 374 g/mol. The zero-order valence-electron chi connectivity index (χ0n) is 14.8. The highest BCUT2D eigenvalue weighted by atomic mass is 35.5. The van der Waals surface area contributed by atoms with Crippen molar-refractivity contribution in [1.29, 1.82) is 0 Å². The van der Waals surface area contributed by atoms with Gasteiger partial charge in [-0.15, -0.1) is 0 Å². The van der Waals surface area contributed by atoms with Gasteiger partial charge in [-0.1, -0.05) is 37.6 Å². The minimum atomic E-state index is -3.23. The number of fused-ring (bicyclic) bond motifs is 1. The Morgan fingerprint density at radius 1 is 1.31 bits per heavy atom. The molecule has 0 fully saturated rings. The van der Waals surface area contributed by atoms with Gasteiger partial charge in [0.25, 0.3) is 0 Å². The van der Waals surface area contributed by atoms with Crippen molar-refractivity contribution in [2.24, 2.45) is 0 Å². The number of hydrogen-bond donors (Lipinski definition) is 1. The Morgan fingerprint density at radius 3 is 2.58 bits per heavy atom. The average Bonchev–Trinajstić information content (AvgIpc) is 2.83. The fourth-order valence-corrected chi connectivity index (χ4v) is 3.84. The molecule has 0 atom stereocenters. The van der Waals surface area contributed by atoms with E-state index in [0.29, 0.717) is 18.2 Å². The van der Waals surface area contributed by atoms with Gasteiger partial charge in [0, 0.05) is 24.8 Å². The van der Waals surface area contributed by atoms with Crippen LogP contribution >= 0.6 is 11.6 Å². The molecule has 0 saturated heterocycles. The van der Waals surface area contributed by atoms with Crippen molar-refractivity contribution in [3.05, 3.63) is 52.8 Å². The van der Waals surface area contributed by atoms with Crippen LogP contribution in [0, 0.1) is 0 Å². The molecule has 8 heteroatoms. The summed E-state index contributed by atoms with van der Waals surface area (Å²) in [4.78, 5) is 18.6. The van der Waals surface area contributed by atoms with Crippen LogP contribution in [0.1, 0.15) is 25.0 Å². The number of aromatic nitrogens is 1. The summed E-state index contributed by atoms with van der Waals surface area (Å²) in [6.45, 7) is 4.94. The molecule has 138 valence electrons. The van der Waals surface area contributed by atoms with E-state index in [1.807, 2.05) is 0 Å². The predicted molar refractivity (Wildman–Crippen MR) is 101 cm³/mol. The number of halogens is 1. The van der Waals surface area contributed by atoms with E-state index in [2.05, 4.69) is 24.1 Å². The second kappa shape index (κ2) is 6.55. The molecule has 2 heterocycles. The largest absolute Gasteiger partial charge is 0.334 e. The van der Waals surface area contributed by atoms with Crippen LogP contribution in [0.15, 0.2) is 41.4 Å². The molecule has 1 aliphatic heterocycles. The van der Waals surface area contributed by atoms with E-state index < -0.39 is 9.84 Å². The molecule has 1 aliphatic rings. The third kappa shape index (κ3) is 3.68. The van der Waals surface area contributed by atoms with E-state index in [1.165, 1.54) is 12.1 Å². The number of anilines is 1. The molecule has 2 amide bonds. The number of amides is 2. The first-order valence-electron chi connectivity index (χ1n) is 8.08. The maximum absolute atomic E-state index is 12.6. The predicted octanol–water partition coefficient (Wildman–Crippen LogP) is 3.15. The summed E-state index contributed by atoms with van der Waals surface area (Å²) in [6, 6.07) is 8.04. The molecule has 3 rings (SSSR count). The lowest BCUT2D eigenvalue weighted by Crippen LogP contribution is -2.41. The summed E-state index contributed by atoms with van der Waals surface area (Å²) in [7, 11) is -3.23. The topological polar surface area (TPSA) is 79.4 Å². The van der Waals surface area contributed by atoms with Crippen molar-refractivity contribution in [2.45, 2.75) is 30.7 Å². The summed E-state index contributed by atoms with van der Waals surface area (Å²) in [5.74, 6) is 0. The molecular formula is C18H20ClN3O3S. The van der Waals surface area contributed by atoms with Crippen molar-refractivity contribution in [3.8, 4) is 0 Å². The van der Waals surface area contributed by atoms with Gasteiger partial charge in [-0.05, 0) is 29.3 Å². The summed E-state index contributed by atoms with van der Waals surface area (Å²) in [6.07, 6.45) is 2.78. The number of hydrogen-bond acceptors (Lipinski definition) is 4. The highest BCUT2D eigenvalue weighted by molar-refractivity contribution is 7.90. The van der Waals surface area contributed by atoms with Crippen LogP contribution in [-0.2, 0) is 21.8 Å². The monoisotopic (exact) mass is 393 g/mol. The Hall–Kier alpha value is -2.12. The molecule has 2 aromatic rings. The quantitative estimate of drug-likeness (QED) is 0.812. The molecule has 0 radical (unpaired) electrons. The van der Waals surface area contributed by atoms with Crippen molar-refractivity contribution >= 4 is 33.2 Å². The van der Waals surface area contributed by atoms with Gasteiger partial charge in [0.15, 0.2) is 9.84 Å². The number of urea groups is 1. The molecule has 0 bridgehead atoms. The normalized spacial score (nSPS) is 15.6. The Morgan fingerprint density at radius 2 is 1.96 bits per heavy atom. The van der Waals surface area contributed by atoms with Crippen LogP contribution in [0.25, 0.3) is 0 Å². The lowest BCUT2D eigenvalue weighted by Gasteiger charge is -2.21. The highest BCUT2D eigenvalue weighted by Crippen LogP contribution is 2.40. The molecule has 1 N–H and O–H groups in total. The number of carbonyl (C=O) groups excluding carboxylic acids is 1. The minimum Gasteiger partial charge on any atom is -0.334 e. The number of nitrogens with zero attached hydrogens (tertiary/aromatic N) is 2. The molecule has 1 aromatic carbocycles. The average molecular weight is 394 g/mol. The fraction of sp³-hybridized carbons (Fsp3) is 0.333. The Balaban J connectivity index is 1.72. The van der Waals surface area contributed by atoms with Crippen molar-refractivity contribution in [3.63, 3.8) is 0 Å². The molecule has 0 unspecified atom stereocenters. The van der Waals surface area contributed by atoms with Crippen molar-refractivity contribution in [2.75, 3.05) is 17.7 Å². The van der Waals surface area contributed by atoms with Gasteiger partial charge in [0.2, 0.25) is 0 Å². The SMILES string of the molecule is CC1(C)CN(C(=O)NCc2ccc(S(C)(=O)=O)cc2)c2cnc(Cl)cc21. The molecule has 26 heavy (non-hydrogen) atoms. The summed E-state index contributed by atoms with van der Waals surface area (Å²) < 4.78 is 23.0. The second-order valence-corrected chi connectivity index (χ2v) is 9.47. The van der Waals surface area contributed by atoms with Crippen molar-refractivity contribution < 1.29 is 13.2 Å². The highest BCUT2D eigenvalue weighted by Gasteiger charge is 2.38. The number of carbonyl (C=O) groups is 1. The van der Waals surface area contributed by atoms with Crippen LogP contribution in [0.4, 0.5) is 10.5 Å². The molecule has 0 aliphatic carbocycles. The number of nitrogens with one attached hydrogen (secondary N) is 1. The Labute approximate surface area is 158 Å². The Kier molecular flexibility index (Phi) is 4.71. The van der Waals surface area contributed by atoms with Gasteiger partial charge in [-0.3, -0.25) is 4.90 Å². The maximum atomic E-state index is 12.6. The van der Waals surface area contributed by atoms with Crippen LogP contribution in [0.2, 0.25) is 5.15 Å². The first-order valence-corrected chi connectivity index (χ1v) is 10.4. The first-order chi connectivity index (χ1) is 12.1. The van der Waals surface area contributed by atoms with Gasteiger partial charge in [0.05, 0.1) is 16.8 Å². The van der Waals surface area contributed by atoms with E-state index >= 15 is 0 Å². The fourth-order valence-electron chi connectivity index (χ4n) is 3.05. The van der Waals surface area contributed by atoms with Gasteiger partial charge in [0.1, 0.15) is 5.15 Å². The van der Waals surface area contributed by atoms with E-state index in [1.54, 1.807) is 29.3 Å². The zero-order chi connectivity index (χ0) is 19.1. The number of sulfone groups is 1.